The van der Waals surface area contributed by atoms with E-state index in [1.54, 1.807) is 29.7 Å². The summed E-state index contributed by atoms with van der Waals surface area (Å²) >= 11 is 0. The second kappa shape index (κ2) is 10.6. The van der Waals surface area contributed by atoms with Crippen LogP contribution >= 0.6 is 0 Å². The van der Waals surface area contributed by atoms with Crippen molar-refractivity contribution in [1.82, 2.24) is 5.48 Å². The van der Waals surface area contributed by atoms with Crippen LogP contribution in [0.2, 0.25) is 0 Å². The molecule has 1 atom stereocenters. The molecular formula is C28H25N3O4. The van der Waals surface area contributed by atoms with Gasteiger partial charge in [-0.15, -0.1) is 0 Å². The lowest BCUT2D eigenvalue weighted by molar-refractivity contribution is -0.116. The molecule has 0 aromatic heterocycles. The summed E-state index contributed by atoms with van der Waals surface area (Å²) in [7, 11) is 0. The number of amides is 2. The van der Waals surface area contributed by atoms with E-state index in [1.165, 1.54) is 19.1 Å². The molecule has 0 aliphatic heterocycles. The topological polar surface area (TPSA) is 108 Å². The smallest absolute Gasteiger partial charge is 0.274 e. The summed E-state index contributed by atoms with van der Waals surface area (Å²) in [5.41, 5.74) is 4.48. The van der Waals surface area contributed by atoms with Gasteiger partial charge in [0.15, 0.2) is 5.78 Å². The lowest BCUT2D eigenvalue weighted by Gasteiger charge is -2.22. The summed E-state index contributed by atoms with van der Waals surface area (Å²) in [5.74, 6) is -0.940. The first-order chi connectivity index (χ1) is 16.9. The number of Topliss-reactive ketones (excluding diaryl/α,β-unsaturated/α-hetero) is 1. The van der Waals surface area contributed by atoms with Crippen LogP contribution in [0.25, 0.3) is 10.8 Å². The van der Waals surface area contributed by atoms with Crippen LogP contribution in [0, 0.1) is 0 Å². The van der Waals surface area contributed by atoms with Crippen molar-refractivity contribution >= 4 is 39.7 Å². The standard InChI is InChI=1S/C28H25N3O4/c1-18(32)24-8-4-5-9-25(24)30-26(22-11-10-19-6-2-3-7-21(19)16-22)17-27(33)29-23-14-12-20(13-15-23)28(34)31-35/h2-16,26,30,35H,17H2,1H3,(H,29,33)(H,31,34). The number of fused-ring (bicyclic) bond motifs is 1. The van der Waals surface area contributed by atoms with Crippen molar-refractivity contribution < 1.29 is 19.6 Å². The quantitative estimate of drug-likeness (QED) is 0.159. The Kier molecular flexibility index (Phi) is 7.18. The number of hydroxylamine groups is 1. The van der Waals surface area contributed by atoms with Gasteiger partial charge in [0.25, 0.3) is 5.91 Å². The Hall–Kier alpha value is -4.49. The van der Waals surface area contributed by atoms with E-state index in [4.69, 9.17) is 5.21 Å². The number of carbonyl (C=O) groups is 3. The molecule has 0 aliphatic carbocycles. The highest BCUT2D eigenvalue weighted by Gasteiger charge is 2.19. The summed E-state index contributed by atoms with van der Waals surface area (Å²) in [6.45, 7) is 1.51. The zero-order chi connectivity index (χ0) is 24.8. The molecule has 0 fully saturated rings. The maximum absolute atomic E-state index is 13.0. The van der Waals surface area contributed by atoms with Gasteiger partial charge in [-0.1, -0.05) is 48.5 Å². The van der Waals surface area contributed by atoms with Crippen molar-refractivity contribution in [3.05, 3.63) is 108 Å². The number of nitrogens with one attached hydrogen (secondary N) is 3. The number of carbonyl (C=O) groups excluding carboxylic acids is 3. The number of benzene rings is 4. The third-order valence-corrected chi connectivity index (χ3v) is 5.73. The van der Waals surface area contributed by atoms with Crippen molar-refractivity contribution in [2.45, 2.75) is 19.4 Å². The molecule has 7 heteroatoms. The first-order valence-corrected chi connectivity index (χ1v) is 11.1. The van der Waals surface area contributed by atoms with Crippen molar-refractivity contribution in [2.75, 3.05) is 10.6 Å². The van der Waals surface area contributed by atoms with Crippen LogP contribution in [0.3, 0.4) is 0 Å². The minimum absolute atomic E-state index is 0.0678. The molecule has 176 valence electrons. The lowest BCUT2D eigenvalue weighted by Crippen LogP contribution is -2.21. The van der Waals surface area contributed by atoms with Crippen molar-refractivity contribution in [1.29, 1.82) is 0 Å². The van der Waals surface area contributed by atoms with Crippen LogP contribution in [0.15, 0.2) is 91.0 Å². The SMILES string of the molecule is CC(=O)c1ccccc1NC(CC(=O)Nc1ccc(C(=O)NO)cc1)c1ccc2ccccc2c1. The average Bonchev–Trinajstić information content (AvgIpc) is 2.88. The molecule has 35 heavy (non-hydrogen) atoms. The van der Waals surface area contributed by atoms with E-state index in [-0.39, 0.29) is 23.7 Å². The fraction of sp³-hybridized carbons (Fsp3) is 0.107. The van der Waals surface area contributed by atoms with Gasteiger partial charge in [-0.3, -0.25) is 19.6 Å². The summed E-state index contributed by atoms with van der Waals surface area (Å²) in [4.78, 5) is 36.7. The zero-order valence-electron chi connectivity index (χ0n) is 19.1. The van der Waals surface area contributed by atoms with Gasteiger partial charge in [0, 0.05) is 22.5 Å². The normalized spacial score (nSPS) is 11.5. The Balaban J connectivity index is 1.60. The number of hydrogen-bond donors (Lipinski definition) is 4. The average molecular weight is 468 g/mol. The molecule has 4 aromatic carbocycles. The first kappa shape index (κ1) is 23.7. The van der Waals surface area contributed by atoms with Gasteiger partial charge in [0.1, 0.15) is 0 Å². The molecule has 4 aromatic rings. The third kappa shape index (κ3) is 5.72. The number of ketones is 1. The Morgan fingerprint density at radius 1 is 0.829 bits per heavy atom. The number of para-hydroxylation sites is 1. The van der Waals surface area contributed by atoms with E-state index in [2.05, 4.69) is 10.6 Å². The van der Waals surface area contributed by atoms with Gasteiger partial charge in [-0.25, -0.2) is 5.48 Å². The second-order valence-electron chi connectivity index (χ2n) is 8.18. The van der Waals surface area contributed by atoms with E-state index in [0.717, 1.165) is 16.3 Å². The molecular weight excluding hydrogens is 442 g/mol. The van der Waals surface area contributed by atoms with E-state index in [9.17, 15) is 14.4 Å². The predicted molar refractivity (Wildman–Crippen MR) is 136 cm³/mol. The molecule has 0 aliphatic rings. The maximum Gasteiger partial charge on any atom is 0.274 e. The fourth-order valence-corrected chi connectivity index (χ4v) is 3.95. The van der Waals surface area contributed by atoms with Gasteiger partial charge < -0.3 is 10.6 Å². The molecule has 0 saturated carbocycles. The largest absolute Gasteiger partial charge is 0.377 e. The summed E-state index contributed by atoms with van der Waals surface area (Å²) in [6.07, 6.45) is 0.101. The molecule has 0 radical (unpaired) electrons. The summed E-state index contributed by atoms with van der Waals surface area (Å²) in [6, 6.07) is 27.0. The Morgan fingerprint density at radius 2 is 1.51 bits per heavy atom. The fourth-order valence-electron chi connectivity index (χ4n) is 3.95. The van der Waals surface area contributed by atoms with Crippen LogP contribution in [-0.2, 0) is 4.79 Å². The van der Waals surface area contributed by atoms with Crippen LogP contribution in [0.4, 0.5) is 11.4 Å². The highest BCUT2D eigenvalue weighted by atomic mass is 16.5. The molecule has 0 heterocycles. The van der Waals surface area contributed by atoms with Gasteiger partial charge in [0.2, 0.25) is 5.91 Å². The van der Waals surface area contributed by atoms with Gasteiger partial charge >= 0.3 is 0 Å². The molecule has 2 amide bonds. The van der Waals surface area contributed by atoms with Crippen molar-refractivity contribution in [2.24, 2.45) is 0 Å². The number of hydrogen-bond acceptors (Lipinski definition) is 5. The molecule has 1 unspecified atom stereocenters. The van der Waals surface area contributed by atoms with E-state index in [0.29, 0.717) is 16.9 Å². The Bertz CT molecular complexity index is 1380. The minimum Gasteiger partial charge on any atom is -0.377 e. The highest BCUT2D eigenvalue weighted by Crippen LogP contribution is 2.28. The van der Waals surface area contributed by atoms with E-state index in [1.807, 2.05) is 54.6 Å². The number of anilines is 2. The molecule has 0 spiro atoms. The van der Waals surface area contributed by atoms with Gasteiger partial charge in [-0.2, -0.15) is 0 Å². The van der Waals surface area contributed by atoms with E-state index < -0.39 is 11.9 Å². The first-order valence-electron chi connectivity index (χ1n) is 11.1. The second-order valence-corrected chi connectivity index (χ2v) is 8.18. The monoisotopic (exact) mass is 467 g/mol. The van der Waals surface area contributed by atoms with Gasteiger partial charge in [-0.05, 0) is 65.7 Å². The predicted octanol–water partition coefficient (Wildman–Crippen LogP) is 5.34. The minimum atomic E-state index is -0.632. The van der Waals surface area contributed by atoms with Gasteiger partial charge in [0.05, 0.1) is 12.5 Å². The molecule has 0 bridgehead atoms. The highest BCUT2D eigenvalue weighted by molar-refractivity contribution is 6.00. The number of rotatable bonds is 8. The van der Waals surface area contributed by atoms with Crippen LogP contribution in [0.1, 0.15) is 45.7 Å². The zero-order valence-corrected chi connectivity index (χ0v) is 19.1. The molecule has 4 rings (SSSR count). The molecule has 7 nitrogen and oxygen atoms in total. The Morgan fingerprint density at radius 3 is 2.23 bits per heavy atom. The molecule has 4 N–H and O–H groups in total. The Labute approximate surface area is 202 Å². The summed E-state index contributed by atoms with van der Waals surface area (Å²) < 4.78 is 0. The van der Waals surface area contributed by atoms with Crippen molar-refractivity contribution in [3.8, 4) is 0 Å². The third-order valence-electron chi connectivity index (χ3n) is 5.73. The van der Waals surface area contributed by atoms with Crippen LogP contribution in [0.5, 0.6) is 0 Å². The van der Waals surface area contributed by atoms with Crippen LogP contribution in [-0.4, -0.2) is 22.8 Å². The lowest BCUT2D eigenvalue weighted by atomic mass is 9.98. The van der Waals surface area contributed by atoms with Crippen molar-refractivity contribution in [3.63, 3.8) is 0 Å². The molecule has 0 saturated heterocycles. The maximum atomic E-state index is 13.0. The summed E-state index contributed by atoms with van der Waals surface area (Å²) in [5, 5.41) is 17.1. The van der Waals surface area contributed by atoms with Crippen LogP contribution < -0.4 is 16.1 Å². The van der Waals surface area contributed by atoms with E-state index >= 15 is 0 Å².